The first-order chi connectivity index (χ1) is 5.36. The number of amidine groups is 1. The molecule has 62 valence electrons. The van der Waals surface area contributed by atoms with Crippen molar-refractivity contribution in [1.29, 1.82) is 0 Å². The van der Waals surface area contributed by atoms with Gasteiger partial charge >= 0.3 is 0 Å². The zero-order valence-electron chi connectivity index (χ0n) is 6.66. The molecule has 1 aliphatic rings. The van der Waals surface area contributed by atoms with Gasteiger partial charge in [0.1, 0.15) is 5.84 Å². The van der Waals surface area contributed by atoms with Crippen LogP contribution in [0.25, 0.3) is 0 Å². The second-order valence-corrected chi connectivity index (χ2v) is 2.64. The van der Waals surface area contributed by atoms with Crippen LogP contribution in [0.4, 0.5) is 0 Å². The third kappa shape index (κ3) is 2.44. The van der Waals surface area contributed by atoms with E-state index in [1.54, 1.807) is 16.5 Å². The number of hydrazine groups is 2. The average molecular weight is 172 g/mol. The SMILES string of the molecule is CCN=C1C=CNN(SC)N1. The minimum Gasteiger partial charge on any atom is -0.299 e. The molecule has 0 aromatic rings. The van der Waals surface area contributed by atoms with Gasteiger partial charge in [-0.25, -0.2) is 0 Å². The summed E-state index contributed by atoms with van der Waals surface area (Å²) in [5.74, 6) is 0.889. The molecule has 1 heterocycles. The minimum absolute atomic E-state index is 0.800. The molecular formula is C6H12N4S. The van der Waals surface area contributed by atoms with Gasteiger partial charge in [-0.1, -0.05) is 4.52 Å². The molecule has 0 radical (unpaired) electrons. The van der Waals surface area contributed by atoms with Crippen LogP contribution < -0.4 is 10.9 Å². The van der Waals surface area contributed by atoms with E-state index < -0.39 is 0 Å². The van der Waals surface area contributed by atoms with Crippen LogP contribution in [0.5, 0.6) is 0 Å². The van der Waals surface area contributed by atoms with E-state index in [9.17, 15) is 0 Å². The highest BCUT2D eigenvalue weighted by molar-refractivity contribution is 7.96. The Morgan fingerprint density at radius 1 is 1.73 bits per heavy atom. The van der Waals surface area contributed by atoms with Gasteiger partial charge in [0.15, 0.2) is 0 Å². The molecule has 0 aliphatic carbocycles. The van der Waals surface area contributed by atoms with Crippen molar-refractivity contribution in [3.05, 3.63) is 12.3 Å². The Morgan fingerprint density at radius 2 is 2.55 bits per heavy atom. The van der Waals surface area contributed by atoms with Gasteiger partial charge in [-0.2, -0.15) is 0 Å². The molecule has 11 heavy (non-hydrogen) atoms. The van der Waals surface area contributed by atoms with E-state index in [1.807, 2.05) is 25.5 Å². The van der Waals surface area contributed by atoms with Gasteiger partial charge in [0, 0.05) is 19.0 Å². The first-order valence-corrected chi connectivity index (χ1v) is 4.63. The Morgan fingerprint density at radius 3 is 3.18 bits per heavy atom. The first-order valence-electron chi connectivity index (χ1n) is 3.45. The highest BCUT2D eigenvalue weighted by Gasteiger charge is 2.05. The second-order valence-electron chi connectivity index (χ2n) is 1.91. The Kier molecular flexibility index (Phi) is 3.25. The van der Waals surface area contributed by atoms with Gasteiger partial charge in [-0.3, -0.25) is 15.8 Å². The number of rotatable bonds is 2. The summed E-state index contributed by atoms with van der Waals surface area (Å²) in [7, 11) is 0. The lowest BCUT2D eigenvalue weighted by atomic mass is 10.5. The maximum Gasteiger partial charge on any atom is 0.139 e. The molecule has 0 aromatic heterocycles. The Balaban J connectivity index is 2.52. The van der Waals surface area contributed by atoms with Gasteiger partial charge in [-0.05, 0) is 24.9 Å². The Labute approximate surface area is 70.8 Å². The predicted molar refractivity (Wildman–Crippen MR) is 48.7 cm³/mol. The molecule has 0 bridgehead atoms. The number of nitrogens with one attached hydrogen (secondary N) is 2. The minimum atomic E-state index is 0.800. The van der Waals surface area contributed by atoms with Crippen molar-refractivity contribution in [3.63, 3.8) is 0 Å². The van der Waals surface area contributed by atoms with E-state index in [0.717, 1.165) is 12.4 Å². The van der Waals surface area contributed by atoms with Crippen molar-refractivity contribution in [1.82, 2.24) is 15.4 Å². The van der Waals surface area contributed by atoms with E-state index >= 15 is 0 Å². The lowest BCUT2D eigenvalue weighted by Gasteiger charge is -2.23. The summed E-state index contributed by atoms with van der Waals surface area (Å²) in [6, 6.07) is 0. The summed E-state index contributed by atoms with van der Waals surface area (Å²) >= 11 is 1.55. The molecule has 0 amide bonds. The van der Waals surface area contributed by atoms with Crippen molar-refractivity contribution >= 4 is 17.8 Å². The van der Waals surface area contributed by atoms with Crippen LogP contribution in [0.15, 0.2) is 17.3 Å². The van der Waals surface area contributed by atoms with E-state index in [1.165, 1.54) is 0 Å². The highest BCUT2D eigenvalue weighted by atomic mass is 32.2. The van der Waals surface area contributed by atoms with Crippen LogP contribution in [0.2, 0.25) is 0 Å². The lowest BCUT2D eigenvalue weighted by molar-refractivity contribution is 0.360. The van der Waals surface area contributed by atoms with E-state index in [4.69, 9.17) is 0 Å². The monoisotopic (exact) mass is 172 g/mol. The molecule has 0 fully saturated rings. The fourth-order valence-electron chi connectivity index (χ4n) is 0.714. The Bertz CT molecular complexity index is 177. The maximum atomic E-state index is 4.21. The van der Waals surface area contributed by atoms with Crippen molar-refractivity contribution in [2.75, 3.05) is 12.8 Å². The van der Waals surface area contributed by atoms with E-state index in [-0.39, 0.29) is 0 Å². The highest BCUT2D eigenvalue weighted by Crippen LogP contribution is 1.99. The lowest BCUT2D eigenvalue weighted by Crippen LogP contribution is -2.46. The Hall–Kier alpha value is -0.680. The fourth-order valence-corrected chi connectivity index (χ4v) is 1.07. The first kappa shape index (κ1) is 8.42. The topological polar surface area (TPSA) is 39.7 Å². The molecule has 4 nitrogen and oxygen atoms in total. The molecule has 5 heteroatoms. The van der Waals surface area contributed by atoms with Crippen molar-refractivity contribution in [3.8, 4) is 0 Å². The van der Waals surface area contributed by atoms with Crippen LogP contribution in [0.3, 0.4) is 0 Å². The summed E-state index contributed by atoms with van der Waals surface area (Å²) < 4.78 is 1.79. The van der Waals surface area contributed by atoms with Crippen LogP contribution in [-0.2, 0) is 0 Å². The van der Waals surface area contributed by atoms with Gasteiger partial charge in [0.2, 0.25) is 0 Å². The normalized spacial score (nSPS) is 21.5. The van der Waals surface area contributed by atoms with E-state index in [0.29, 0.717) is 0 Å². The molecule has 0 saturated carbocycles. The number of nitrogens with zero attached hydrogens (tertiary/aromatic N) is 2. The largest absolute Gasteiger partial charge is 0.299 e. The molecule has 2 N–H and O–H groups in total. The van der Waals surface area contributed by atoms with Crippen LogP contribution in [-0.4, -0.2) is 23.2 Å². The van der Waals surface area contributed by atoms with Crippen LogP contribution in [0, 0.1) is 0 Å². The van der Waals surface area contributed by atoms with Crippen molar-refractivity contribution in [2.45, 2.75) is 6.92 Å². The third-order valence-electron chi connectivity index (χ3n) is 1.16. The molecule has 0 spiro atoms. The van der Waals surface area contributed by atoms with Gasteiger partial charge in [0.05, 0.1) is 0 Å². The molecule has 0 unspecified atom stereocenters. The summed E-state index contributed by atoms with van der Waals surface area (Å²) in [4.78, 5) is 4.21. The average Bonchev–Trinajstić information content (AvgIpc) is 2.06. The quantitative estimate of drug-likeness (QED) is 0.596. The van der Waals surface area contributed by atoms with Crippen LogP contribution in [0.1, 0.15) is 6.92 Å². The molecule has 0 aromatic carbocycles. The standard InChI is InChI=1S/C6H12N4S/c1-3-7-6-4-5-8-10(9-6)11-2/h4-5,8H,3H2,1-2H3,(H,7,9). The fraction of sp³-hybridized carbons (Fsp3) is 0.500. The summed E-state index contributed by atoms with van der Waals surface area (Å²) in [6.45, 7) is 2.81. The summed E-state index contributed by atoms with van der Waals surface area (Å²) in [6.07, 6.45) is 5.72. The summed E-state index contributed by atoms with van der Waals surface area (Å²) in [5.41, 5.74) is 6.03. The molecular weight excluding hydrogens is 160 g/mol. The van der Waals surface area contributed by atoms with Crippen molar-refractivity contribution < 1.29 is 0 Å². The molecule has 0 saturated heterocycles. The second kappa shape index (κ2) is 4.25. The van der Waals surface area contributed by atoms with Crippen molar-refractivity contribution in [2.24, 2.45) is 4.99 Å². The molecule has 1 aliphatic heterocycles. The smallest absolute Gasteiger partial charge is 0.139 e. The number of hydrogen-bond acceptors (Lipinski definition) is 4. The molecule has 1 rings (SSSR count). The van der Waals surface area contributed by atoms with Crippen LogP contribution >= 0.6 is 11.9 Å². The zero-order valence-corrected chi connectivity index (χ0v) is 7.48. The predicted octanol–water partition coefficient (Wildman–Crippen LogP) is 0.521. The number of hydrogen-bond donors (Lipinski definition) is 2. The van der Waals surface area contributed by atoms with Gasteiger partial charge in [-0.15, -0.1) is 0 Å². The number of aliphatic imine (C=N–C) groups is 1. The zero-order chi connectivity index (χ0) is 8.10. The van der Waals surface area contributed by atoms with Gasteiger partial charge < -0.3 is 0 Å². The third-order valence-corrected chi connectivity index (χ3v) is 1.72. The summed E-state index contributed by atoms with van der Waals surface area (Å²) in [5, 5.41) is 0. The van der Waals surface area contributed by atoms with Gasteiger partial charge in [0.25, 0.3) is 0 Å². The maximum absolute atomic E-state index is 4.21. The van der Waals surface area contributed by atoms with E-state index in [2.05, 4.69) is 15.8 Å². The molecule has 0 atom stereocenters.